The molecule has 0 unspecified atom stereocenters. The Morgan fingerprint density at radius 1 is 0.958 bits per heavy atom. The minimum absolute atomic E-state index is 0.119. The number of nitrogens with one attached hydrogen (secondary N) is 1. The maximum Gasteiger partial charge on any atom is 0.257 e. The van der Waals surface area contributed by atoms with Gasteiger partial charge in [0.05, 0.1) is 25.4 Å². The number of benzene rings is 2. The third kappa shape index (κ3) is 2.57. The fourth-order valence-corrected chi connectivity index (χ4v) is 4.68. The first-order valence-electron chi connectivity index (χ1n) is 7.56. The number of carbonyl (C=O) groups is 1. The highest BCUT2D eigenvalue weighted by Gasteiger charge is 2.14. The van der Waals surface area contributed by atoms with Crippen molar-refractivity contribution in [2.75, 3.05) is 5.32 Å². The highest BCUT2D eigenvalue weighted by Crippen LogP contribution is 2.35. The molecular formula is C18H15N3OS2. The average Bonchev–Trinajstić information content (AvgIpc) is 3.11. The number of carbonyl (C=O) groups excluding carboxylic acids is 1. The molecule has 6 heteroatoms. The zero-order valence-corrected chi connectivity index (χ0v) is 15.1. The summed E-state index contributed by atoms with van der Waals surface area (Å²) in [6.45, 7) is 5.92. The van der Waals surface area contributed by atoms with Crippen molar-refractivity contribution >= 4 is 54.1 Å². The van der Waals surface area contributed by atoms with Crippen LogP contribution in [0.1, 0.15) is 26.5 Å². The predicted octanol–water partition coefficient (Wildman–Crippen LogP) is 5.08. The van der Waals surface area contributed by atoms with Gasteiger partial charge in [0.1, 0.15) is 0 Å². The number of nitrogens with zero attached hydrogens (tertiary/aromatic N) is 2. The molecule has 1 N–H and O–H groups in total. The molecule has 120 valence electrons. The predicted molar refractivity (Wildman–Crippen MR) is 101 cm³/mol. The third-order valence-corrected chi connectivity index (χ3v) is 6.01. The molecule has 0 atom stereocenters. The normalized spacial score (nSPS) is 11.3. The molecule has 2 heterocycles. The van der Waals surface area contributed by atoms with E-state index >= 15 is 0 Å². The number of rotatable bonds is 2. The first-order valence-corrected chi connectivity index (χ1v) is 9.20. The molecule has 0 saturated carbocycles. The van der Waals surface area contributed by atoms with Crippen molar-refractivity contribution in [3.8, 4) is 0 Å². The quantitative estimate of drug-likeness (QED) is 0.546. The Morgan fingerprint density at radius 2 is 1.67 bits per heavy atom. The van der Waals surface area contributed by atoms with Crippen LogP contribution < -0.4 is 5.32 Å². The van der Waals surface area contributed by atoms with Crippen LogP contribution >= 0.6 is 22.7 Å². The highest BCUT2D eigenvalue weighted by molar-refractivity contribution is 7.28. The molecule has 24 heavy (non-hydrogen) atoms. The van der Waals surface area contributed by atoms with Crippen molar-refractivity contribution in [1.29, 1.82) is 0 Å². The number of fused-ring (bicyclic) bond motifs is 3. The van der Waals surface area contributed by atoms with Crippen molar-refractivity contribution < 1.29 is 4.79 Å². The number of anilines is 1. The summed E-state index contributed by atoms with van der Waals surface area (Å²) in [5.41, 5.74) is 4.60. The van der Waals surface area contributed by atoms with Gasteiger partial charge in [0.15, 0.2) is 5.13 Å². The van der Waals surface area contributed by atoms with Crippen molar-refractivity contribution in [3.05, 3.63) is 52.0 Å². The maximum atomic E-state index is 12.6. The lowest BCUT2D eigenvalue weighted by molar-refractivity contribution is 0.102. The van der Waals surface area contributed by atoms with E-state index in [1.165, 1.54) is 11.3 Å². The topological polar surface area (TPSA) is 54.9 Å². The lowest BCUT2D eigenvalue weighted by Crippen LogP contribution is -2.13. The van der Waals surface area contributed by atoms with Crippen LogP contribution in [0.3, 0.4) is 0 Å². The summed E-state index contributed by atoms with van der Waals surface area (Å²) < 4.78 is 2.21. The molecule has 0 bridgehead atoms. The van der Waals surface area contributed by atoms with Gasteiger partial charge in [0, 0.05) is 5.56 Å². The summed E-state index contributed by atoms with van der Waals surface area (Å²) >= 11 is 3.16. The maximum absolute atomic E-state index is 12.6. The Hall–Kier alpha value is -2.31. The van der Waals surface area contributed by atoms with E-state index in [4.69, 9.17) is 0 Å². The summed E-state index contributed by atoms with van der Waals surface area (Å²) in [5.74, 6) is -0.119. The molecule has 0 aliphatic heterocycles. The van der Waals surface area contributed by atoms with E-state index in [9.17, 15) is 4.79 Å². The number of hydrogen-bond acceptors (Lipinski definition) is 5. The fourth-order valence-electron chi connectivity index (χ4n) is 2.68. The molecule has 1 amide bonds. The highest BCUT2D eigenvalue weighted by atomic mass is 32.1. The molecule has 0 aliphatic carbocycles. The van der Waals surface area contributed by atoms with E-state index in [0.717, 1.165) is 36.6 Å². The molecule has 4 nitrogen and oxygen atoms in total. The van der Waals surface area contributed by atoms with Gasteiger partial charge in [-0.25, -0.2) is 9.97 Å². The summed E-state index contributed by atoms with van der Waals surface area (Å²) in [7, 11) is 0. The number of hydrogen-bond donors (Lipinski definition) is 1. The van der Waals surface area contributed by atoms with Crippen LogP contribution in [0.2, 0.25) is 0 Å². The Kier molecular flexibility index (Phi) is 3.58. The SMILES string of the molecule is Cc1ccc(C)c(C(=O)Nc2nc3ccc4nc(C)sc4c3s2)c1. The van der Waals surface area contributed by atoms with Crippen LogP contribution in [-0.2, 0) is 0 Å². The van der Waals surface area contributed by atoms with Crippen LogP contribution in [0.5, 0.6) is 0 Å². The third-order valence-electron chi connectivity index (χ3n) is 3.88. The van der Waals surface area contributed by atoms with Crippen LogP contribution in [0.4, 0.5) is 5.13 Å². The first-order chi connectivity index (χ1) is 11.5. The smallest absolute Gasteiger partial charge is 0.257 e. The van der Waals surface area contributed by atoms with Crippen LogP contribution in [0.25, 0.3) is 20.4 Å². The van der Waals surface area contributed by atoms with Gasteiger partial charge in [-0.05, 0) is 44.5 Å². The standard InChI is InChI=1S/C18H15N3OS2/c1-9-4-5-10(2)12(8-9)17(22)21-18-20-14-7-6-13-15(16(14)24-18)23-11(3)19-13/h4-8H,1-3H3,(H,20,21,22). The zero-order chi connectivity index (χ0) is 16.8. The fraction of sp³-hybridized carbons (Fsp3) is 0.167. The van der Waals surface area contributed by atoms with Gasteiger partial charge in [0.2, 0.25) is 0 Å². The largest absolute Gasteiger partial charge is 0.298 e. The van der Waals surface area contributed by atoms with Gasteiger partial charge in [-0.2, -0.15) is 0 Å². The van der Waals surface area contributed by atoms with Gasteiger partial charge in [-0.3, -0.25) is 10.1 Å². The second-order valence-corrected chi connectivity index (χ2v) is 7.99. The van der Waals surface area contributed by atoms with E-state index in [1.54, 1.807) is 11.3 Å². The van der Waals surface area contributed by atoms with Gasteiger partial charge >= 0.3 is 0 Å². The summed E-state index contributed by atoms with van der Waals surface area (Å²) in [6, 6.07) is 9.82. The second kappa shape index (κ2) is 5.65. The van der Waals surface area contributed by atoms with Crippen LogP contribution in [0.15, 0.2) is 30.3 Å². The van der Waals surface area contributed by atoms with Crippen LogP contribution in [-0.4, -0.2) is 15.9 Å². The first kappa shape index (κ1) is 15.2. The van der Waals surface area contributed by atoms with E-state index in [0.29, 0.717) is 10.7 Å². The van der Waals surface area contributed by atoms with Gasteiger partial charge in [-0.1, -0.05) is 29.0 Å². The van der Waals surface area contributed by atoms with E-state index in [-0.39, 0.29) is 5.91 Å². The minimum atomic E-state index is -0.119. The Morgan fingerprint density at radius 3 is 2.46 bits per heavy atom. The second-order valence-electron chi connectivity index (χ2n) is 5.79. The van der Waals surface area contributed by atoms with E-state index < -0.39 is 0 Å². The number of amides is 1. The molecule has 4 aromatic rings. The van der Waals surface area contributed by atoms with Crippen molar-refractivity contribution in [3.63, 3.8) is 0 Å². The Labute approximate surface area is 147 Å². The Balaban J connectivity index is 1.73. The van der Waals surface area contributed by atoms with Gasteiger partial charge in [0.25, 0.3) is 5.91 Å². The molecule has 0 fully saturated rings. The van der Waals surface area contributed by atoms with Crippen molar-refractivity contribution in [1.82, 2.24) is 9.97 Å². The zero-order valence-electron chi connectivity index (χ0n) is 13.5. The van der Waals surface area contributed by atoms with Gasteiger partial charge in [-0.15, -0.1) is 11.3 Å². The minimum Gasteiger partial charge on any atom is -0.298 e. The molecule has 0 saturated heterocycles. The van der Waals surface area contributed by atoms with Gasteiger partial charge < -0.3 is 0 Å². The van der Waals surface area contributed by atoms with Crippen LogP contribution in [0, 0.1) is 20.8 Å². The molecule has 0 radical (unpaired) electrons. The molecule has 4 rings (SSSR count). The summed E-state index contributed by atoms with van der Waals surface area (Å²) in [4.78, 5) is 21.6. The average molecular weight is 353 g/mol. The number of aromatic nitrogens is 2. The monoisotopic (exact) mass is 353 g/mol. The number of thiazole rings is 2. The summed E-state index contributed by atoms with van der Waals surface area (Å²) in [5, 5.41) is 4.59. The molecule has 0 spiro atoms. The molecule has 2 aromatic heterocycles. The number of aryl methyl sites for hydroxylation is 3. The van der Waals surface area contributed by atoms with E-state index in [1.807, 2.05) is 51.1 Å². The van der Waals surface area contributed by atoms with Crippen molar-refractivity contribution in [2.45, 2.75) is 20.8 Å². The lowest BCUT2D eigenvalue weighted by Gasteiger charge is -2.06. The Bertz CT molecular complexity index is 1090. The summed E-state index contributed by atoms with van der Waals surface area (Å²) in [6.07, 6.45) is 0. The lowest BCUT2D eigenvalue weighted by atomic mass is 10.1. The molecular weight excluding hydrogens is 338 g/mol. The molecule has 0 aliphatic rings. The van der Waals surface area contributed by atoms with E-state index in [2.05, 4.69) is 15.3 Å². The molecule has 2 aromatic carbocycles. The van der Waals surface area contributed by atoms with Crippen molar-refractivity contribution in [2.24, 2.45) is 0 Å².